The molecule has 0 aromatic carbocycles. The molecule has 5 heteroatoms. The zero-order valence-electron chi connectivity index (χ0n) is 17.3. The summed E-state index contributed by atoms with van der Waals surface area (Å²) in [6.45, 7) is 8.73. The predicted molar refractivity (Wildman–Crippen MR) is 105 cm³/mol. The van der Waals surface area contributed by atoms with Gasteiger partial charge < -0.3 is 15.5 Å². The predicted octanol–water partition coefficient (Wildman–Crippen LogP) is 4.69. The molecule has 0 saturated heterocycles. The topological polar surface area (TPSA) is 85.4 Å². The molecule has 4 fully saturated rings. The smallest absolute Gasteiger partial charge is 0.0661 e. The van der Waals surface area contributed by atoms with E-state index in [4.69, 9.17) is 0 Å². The fraction of sp³-hybridized carbons (Fsp3) is 0.909. The van der Waals surface area contributed by atoms with Crippen molar-refractivity contribution in [2.24, 2.45) is 50.7 Å². The first-order chi connectivity index (χ1) is 12.7. The highest BCUT2D eigenvalue weighted by molar-refractivity contribution is 5.85. The Morgan fingerprint density at radius 1 is 1.04 bits per heavy atom. The summed E-state index contributed by atoms with van der Waals surface area (Å²) in [5.41, 5.74) is 1.18. The van der Waals surface area contributed by atoms with Crippen LogP contribution in [0.25, 0.3) is 0 Å². The summed E-state index contributed by atoms with van der Waals surface area (Å²) in [5.74, 6) is 2.20. The highest BCUT2D eigenvalue weighted by Crippen LogP contribution is 2.69. The van der Waals surface area contributed by atoms with Crippen LogP contribution in [0.15, 0.2) is 10.3 Å². The fourth-order valence-corrected chi connectivity index (χ4v) is 8.68. The largest absolute Gasteiger partial charge is 0.411 e. The zero-order valence-corrected chi connectivity index (χ0v) is 17.3. The lowest BCUT2D eigenvalue weighted by Gasteiger charge is -2.65. The maximum absolute atomic E-state index is 11.8. The molecule has 0 aromatic rings. The molecule has 152 valence electrons. The molecule has 0 aliphatic heterocycles. The van der Waals surface area contributed by atoms with Crippen LogP contribution in [-0.4, -0.2) is 32.5 Å². The molecule has 0 heterocycles. The molecule has 0 bridgehead atoms. The van der Waals surface area contributed by atoms with Crippen LogP contribution < -0.4 is 0 Å². The normalized spacial score (nSPS) is 54.3. The number of oxime groups is 2. The molecule has 5 nitrogen and oxygen atoms in total. The van der Waals surface area contributed by atoms with Gasteiger partial charge in [0.15, 0.2) is 0 Å². The van der Waals surface area contributed by atoms with Crippen molar-refractivity contribution < 1.29 is 15.5 Å². The number of hydrogen-bond donors (Lipinski definition) is 3. The SMILES string of the molecule is C/C(=N\O)[C@H]1CC[C@H]2[C@@H]3CC[C@H]4C/C(=N\O)CC[C@]4(C)[C@H]3C(C)(O)C[C@]12C. The Bertz CT molecular complexity index is 672. The first-order valence-corrected chi connectivity index (χ1v) is 10.8. The van der Waals surface area contributed by atoms with Crippen molar-refractivity contribution >= 4 is 11.4 Å². The lowest BCUT2D eigenvalue weighted by atomic mass is 9.41. The third-order valence-corrected chi connectivity index (χ3v) is 9.49. The molecule has 1 unspecified atom stereocenters. The molecular formula is C22H36N2O3. The van der Waals surface area contributed by atoms with Gasteiger partial charge in [0, 0.05) is 5.92 Å². The van der Waals surface area contributed by atoms with Crippen molar-refractivity contribution in [2.45, 2.75) is 84.7 Å². The van der Waals surface area contributed by atoms with Gasteiger partial charge in [0.1, 0.15) is 0 Å². The number of fused-ring (bicyclic) bond motifs is 5. The van der Waals surface area contributed by atoms with E-state index in [1.165, 1.54) is 6.42 Å². The summed E-state index contributed by atoms with van der Waals surface area (Å²) in [6.07, 6.45) is 8.09. The van der Waals surface area contributed by atoms with Crippen molar-refractivity contribution in [1.82, 2.24) is 0 Å². The molecule has 0 spiro atoms. The van der Waals surface area contributed by atoms with Gasteiger partial charge in [-0.25, -0.2) is 0 Å². The van der Waals surface area contributed by atoms with Gasteiger partial charge in [-0.1, -0.05) is 24.2 Å². The van der Waals surface area contributed by atoms with E-state index in [9.17, 15) is 15.5 Å². The van der Waals surface area contributed by atoms with Crippen LogP contribution in [0.2, 0.25) is 0 Å². The standard InChI is InChI=1S/C22H36N2O3/c1-13(23-26)17-7-8-18-16-6-5-14-11-15(24-27)9-10-20(14,2)19(16)22(4,25)12-21(17,18)3/h14,16-19,25-27H,5-12H2,1-4H3/b23-13+,24-15-/t14-,16-,17+,18-,19-,20-,21+,22?/m0/s1. The molecule has 0 amide bonds. The lowest BCUT2D eigenvalue weighted by molar-refractivity contribution is -0.206. The van der Waals surface area contributed by atoms with Gasteiger partial charge in [0.05, 0.1) is 17.0 Å². The van der Waals surface area contributed by atoms with Crippen LogP contribution in [0.4, 0.5) is 0 Å². The van der Waals surface area contributed by atoms with E-state index in [0.717, 1.165) is 56.4 Å². The van der Waals surface area contributed by atoms with Gasteiger partial charge >= 0.3 is 0 Å². The van der Waals surface area contributed by atoms with Gasteiger partial charge in [-0.15, -0.1) is 0 Å². The van der Waals surface area contributed by atoms with Crippen LogP contribution in [0, 0.1) is 40.4 Å². The van der Waals surface area contributed by atoms with Crippen molar-refractivity contribution in [3.63, 3.8) is 0 Å². The van der Waals surface area contributed by atoms with E-state index in [2.05, 4.69) is 31.1 Å². The van der Waals surface area contributed by atoms with Crippen molar-refractivity contribution in [2.75, 3.05) is 0 Å². The third-order valence-electron chi connectivity index (χ3n) is 9.49. The Morgan fingerprint density at radius 2 is 1.78 bits per heavy atom. The Labute approximate surface area is 162 Å². The van der Waals surface area contributed by atoms with Gasteiger partial charge in [0.2, 0.25) is 0 Å². The van der Waals surface area contributed by atoms with E-state index in [0.29, 0.717) is 23.7 Å². The Hall–Kier alpha value is -1.10. The van der Waals surface area contributed by atoms with Gasteiger partial charge in [-0.2, -0.15) is 0 Å². The highest BCUT2D eigenvalue weighted by atomic mass is 16.4. The Kier molecular flexibility index (Phi) is 4.41. The summed E-state index contributed by atoms with van der Waals surface area (Å²) < 4.78 is 0. The summed E-state index contributed by atoms with van der Waals surface area (Å²) in [5, 5.41) is 37.6. The van der Waals surface area contributed by atoms with E-state index in [1.54, 1.807) is 0 Å². The van der Waals surface area contributed by atoms with Crippen LogP contribution in [0.1, 0.15) is 79.1 Å². The second-order valence-corrected chi connectivity index (χ2v) is 10.8. The fourth-order valence-electron chi connectivity index (χ4n) is 8.68. The van der Waals surface area contributed by atoms with Crippen molar-refractivity contribution in [1.29, 1.82) is 0 Å². The molecule has 0 aromatic heterocycles. The number of nitrogens with zero attached hydrogens (tertiary/aromatic N) is 2. The van der Waals surface area contributed by atoms with Crippen LogP contribution in [-0.2, 0) is 0 Å². The van der Waals surface area contributed by atoms with Gasteiger partial charge in [-0.05, 0) is 99.7 Å². The number of rotatable bonds is 1. The first-order valence-electron chi connectivity index (χ1n) is 10.8. The molecule has 0 radical (unpaired) electrons. The van der Waals surface area contributed by atoms with E-state index in [1.807, 2.05) is 6.92 Å². The first kappa shape index (κ1) is 19.2. The summed E-state index contributed by atoms with van der Waals surface area (Å²) in [4.78, 5) is 0. The molecule has 27 heavy (non-hydrogen) atoms. The zero-order chi connectivity index (χ0) is 19.6. The second kappa shape index (κ2) is 6.20. The minimum absolute atomic E-state index is 0.0105. The average Bonchev–Trinajstić information content (AvgIpc) is 2.95. The van der Waals surface area contributed by atoms with Crippen LogP contribution >= 0.6 is 0 Å². The summed E-state index contributed by atoms with van der Waals surface area (Å²) in [7, 11) is 0. The van der Waals surface area contributed by atoms with E-state index < -0.39 is 5.60 Å². The maximum atomic E-state index is 11.8. The van der Waals surface area contributed by atoms with Gasteiger partial charge in [0.25, 0.3) is 0 Å². The minimum Gasteiger partial charge on any atom is -0.411 e. The van der Waals surface area contributed by atoms with E-state index >= 15 is 0 Å². The maximum Gasteiger partial charge on any atom is 0.0661 e. The summed E-state index contributed by atoms with van der Waals surface area (Å²) in [6, 6.07) is 0. The molecular weight excluding hydrogens is 340 g/mol. The van der Waals surface area contributed by atoms with Gasteiger partial charge in [-0.3, -0.25) is 0 Å². The lowest BCUT2D eigenvalue weighted by Crippen LogP contribution is -2.63. The molecule has 4 aliphatic carbocycles. The second-order valence-electron chi connectivity index (χ2n) is 10.8. The minimum atomic E-state index is -0.713. The number of hydrogen-bond acceptors (Lipinski definition) is 5. The van der Waals surface area contributed by atoms with Crippen LogP contribution in [0.3, 0.4) is 0 Å². The quantitative estimate of drug-likeness (QED) is 0.353. The summed E-state index contributed by atoms with van der Waals surface area (Å²) >= 11 is 0. The van der Waals surface area contributed by atoms with Crippen molar-refractivity contribution in [3.8, 4) is 0 Å². The Morgan fingerprint density at radius 3 is 2.44 bits per heavy atom. The average molecular weight is 377 g/mol. The molecule has 4 rings (SSSR count). The van der Waals surface area contributed by atoms with Crippen LogP contribution in [0.5, 0.6) is 0 Å². The van der Waals surface area contributed by atoms with E-state index in [-0.39, 0.29) is 16.7 Å². The third kappa shape index (κ3) is 2.60. The molecule has 3 N–H and O–H groups in total. The monoisotopic (exact) mass is 376 g/mol. The Balaban J connectivity index is 1.71. The highest BCUT2D eigenvalue weighted by Gasteiger charge is 2.66. The molecule has 4 saturated carbocycles. The number of aliphatic hydroxyl groups is 1. The van der Waals surface area contributed by atoms with Crippen molar-refractivity contribution in [3.05, 3.63) is 0 Å². The molecule has 4 aliphatic rings. The molecule has 8 atom stereocenters.